The predicted molar refractivity (Wildman–Crippen MR) is 76.5 cm³/mol. The van der Waals surface area contributed by atoms with Crippen molar-refractivity contribution in [2.75, 3.05) is 12.4 Å². The van der Waals surface area contributed by atoms with Crippen molar-refractivity contribution in [3.05, 3.63) is 25.0 Å². The Hall–Kier alpha value is -1.76. The van der Waals surface area contributed by atoms with E-state index in [0.29, 0.717) is 0 Å². The van der Waals surface area contributed by atoms with E-state index in [4.69, 9.17) is 9.29 Å². The molecule has 0 aromatic heterocycles. The Labute approximate surface area is 145 Å². The summed E-state index contributed by atoms with van der Waals surface area (Å²) >= 11 is 0. The van der Waals surface area contributed by atoms with E-state index in [0.717, 1.165) is 0 Å². The number of hydrogen-bond donors (Lipinski definition) is 1. The number of ether oxygens (including phenoxy) is 2. The quantitative estimate of drug-likeness (QED) is 0.148. The third-order valence-corrected chi connectivity index (χ3v) is 3.65. The minimum absolute atomic E-state index is 0.0349. The van der Waals surface area contributed by atoms with Gasteiger partial charge in [-0.05, 0) is 18.9 Å². The van der Waals surface area contributed by atoms with Crippen LogP contribution in [0.1, 0.15) is 19.3 Å². The van der Waals surface area contributed by atoms with Gasteiger partial charge in [-0.3, -0.25) is 9.35 Å². The minimum atomic E-state index is -6.33. The molecule has 0 bridgehead atoms. The first-order chi connectivity index (χ1) is 11.6. The van der Waals surface area contributed by atoms with Gasteiger partial charge in [-0.2, -0.15) is 34.8 Å². The molecule has 0 unspecified atom stereocenters. The van der Waals surface area contributed by atoms with E-state index in [1.165, 1.54) is 6.08 Å². The van der Waals surface area contributed by atoms with Crippen molar-refractivity contribution >= 4 is 16.1 Å². The number of carbonyl (C=O) groups excluding carboxylic acids is 1. The molecule has 152 valence electrons. The molecule has 0 saturated carbocycles. The van der Waals surface area contributed by atoms with E-state index in [1.807, 2.05) is 0 Å². The van der Waals surface area contributed by atoms with Crippen LogP contribution in [0.5, 0.6) is 0 Å². The van der Waals surface area contributed by atoms with Crippen molar-refractivity contribution in [3.63, 3.8) is 0 Å². The van der Waals surface area contributed by atoms with Crippen LogP contribution in [0.25, 0.3) is 0 Å². The molecule has 0 aliphatic heterocycles. The van der Waals surface area contributed by atoms with Crippen molar-refractivity contribution < 1.29 is 53.6 Å². The van der Waals surface area contributed by atoms with Crippen LogP contribution in [-0.2, 0) is 24.4 Å². The molecule has 26 heavy (non-hydrogen) atoms. The van der Waals surface area contributed by atoms with Gasteiger partial charge >= 0.3 is 23.9 Å². The van der Waals surface area contributed by atoms with Gasteiger partial charge in [-0.25, -0.2) is 0 Å². The SMILES string of the molecule is C=CC(=C)OCCCCC(=O)OC(CS(=O)(=O)O)(C(F)(F)F)C(F)(F)F. The lowest BCUT2D eigenvalue weighted by atomic mass is 10.1. The minimum Gasteiger partial charge on any atom is -0.494 e. The molecule has 0 aromatic carbocycles. The van der Waals surface area contributed by atoms with Crippen LogP contribution in [-0.4, -0.2) is 49.3 Å². The Balaban J connectivity index is 5.17. The van der Waals surface area contributed by atoms with Crippen LogP contribution in [0.15, 0.2) is 25.0 Å². The molecule has 0 fully saturated rings. The number of unbranched alkanes of at least 4 members (excludes halogenated alkanes) is 1. The van der Waals surface area contributed by atoms with Crippen LogP contribution in [0.2, 0.25) is 0 Å². The zero-order valence-electron chi connectivity index (χ0n) is 13.2. The van der Waals surface area contributed by atoms with Crippen molar-refractivity contribution in [1.29, 1.82) is 0 Å². The lowest BCUT2D eigenvalue weighted by Crippen LogP contribution is -2.63. The third kappa shape index (κ3) is 7.23. The van der Waals surface area contributed by atoms with Crippen LogP contribution in [0.3, 0.4) is 0 Å². The summed E-state index contributed by atoms with van der Waals surface area (Å²) in [6.07, 6.45) is -12.4. The van der Waals surface area contributed by atoms with Gasteiger partial charge in [0.05, 0.1) is 6.61 Å². The van der Waals surface area contributed by atoms with Crippen LogP contribution < -0.4 is 0 Å². The largest absolute Gasteiger partial charge is 0.494 e. The molecule has 0 atom stereocenters. The van der Waals surface area contributed by atoms with E-state index < -0.39 is 46.2 Å². The van der Waals surface area contributed by atoms with E-state index in [1.54, 1.807) is 0 Å². The molecule has 1 N–H and O–H groups in total. The van der Waals surface area contributed by atoms with Crippen LogP contribution in [0.4, 0.5) is 26.3 Å². The summed E-state index contributed by atoms with van der Waals surface area (Å²) < 4.78 is 116. The first-order valence-electron chi connectivity index (χ1n) is 6.80. The van der Waals surface area contributed by atoms with Crippen molar-refractivity contribution in [2.45, 2.75) is 37.2 Å². The molecule has 0 rings (SSSR count). The molecule has 0 aliphatic carbocycles. The fourth-order valence-electron chi connectivity index (χ4n) is 1.61. The molecule has 6 nitrogen and oxygen atoms in total. The molecule has 13 heteroatoms. The molecule has 0 radical (unpaired) electrons. The second-order valence-electron chi connectivity index (χ2n) is 5.00. The smallest absolute Gasteiger partial charge is 0.438 e. The standard InChI is InChI=1S/C13H16F6O6S/c1-3-9(2)24-7-5-4-6-10(20)25-11(12(14,15)16,13(17,18)19)8-26(21,22)23/h3H,1-2,4-8H2,(H,21,22,23). The summed E-state index contributed by atoms with van der Waals surface area (Å²) in [5.41, 5.74) is -5.38. The fraction of sp³-hybridized carbons (Fsp3) is 0.615. The zero-order valence-corrected chi connectivity index (χ0v) is 14.0. The summed E-state index contributed by atoms with van der Waals surface area (Å²) in [6, 6.07) is 0. The normalized spacial score (nSPS) is 13.2. The monoisotopic (exact) mass is 414 g/mol. The van der Waals surface area contributed by atoms with Crippen molar-refractivity contribution in [1.82, 2.24) is 0 Å². The summed E-state index contributed by atoms with van der Waals surface area (Å²) in [6.45, 7) is 6.67. The predicted octanol–water partition coefficient (Wildman–Crippen LogP) is 3.17. The number of hydrogen-bond acceptors (Lipinski definition) is 5. The van der Waals surface area contributed by atoms with Crippen molar-refractivity contribution in [2.24, 2.45) is 0 Å². The lowest BCUT2D eigenvalue weighted by molar-refractivity contribution is -0.361. The molecule has 0 aromatic rings. The molecular weight excluding hydrogens is 398 g/mol. The lowest BCUT2D eigenvalue weighted by Gasteiger charge is -2.35. The van der Waals surface area contributed by atoms with Gasteiger partial charge in [0.2, 0.25) is 0 Å². The van der Waals surface area contributed by atoms with E-state index in [-0.39, 0.29) is 25.2 Å². The van der Waals surface area contributed by atoms with Crippen molar-refractivity contribution in [3.8, 4) is 0 Å². The third-order valence-electron chi connectivity index (χ3n) is 2.88. The Bertz CT molecular complexity index is 608. The molecule has 0 heterocycles. The summed E-state index contributed by atoms with van der Waals surface area (Å²) in [7, 11) is -5.79. The molecule has 0 spiro atoms. The van der Waals surface area contributed by atoms with Gasteiger partial charge < -0.3 is 9.47 Å². The number of allylic oxidation sites excluding steroid dienone is 1. The first-order valence-corrected chi connectivity index (χ1v) is 8.41. The highest BCUT2D eigenvalue weighted by Gasteiger charge is 2.75. The second kappa shape index (κ2) is 8.75. The number of carbonyl (C=O) groups is 1. The maximum Gasteiger partial charge on any atom is 0.438 e. The number of alkyl halides is 6. The summed E-state index contributed by atoms with van der Waals surface area (Å²) in [5.74, 6) is -4.67. The van der Waals surface area contributed by atoms with E-state index >= 15 is 0 Å². The maximum atomic E-state index is 12.9. The Morgan fingerprint density at radius 3 is 1.96 bits per heavy atom. The molecule has 0 aliphatic rings. The Morgan fingerprint density at radius 1 is 1.08 bits per heavy atom. The van der Waals surface area contributed by atoms with Gasteiger partial charge in [-0.15, -0.1) is 0 Å². The molecular formula is C13H16F6O6S. The summed E-state index contributed by atoms with van der Waals surface area (Å²) in [4.78, 5) is 11.4. The average molecular weight is 414 g/mol. The van der Waals surface area contributed by atoms with E-state index in [2.05, 4.69) is 17.9 Å². The Kier molecular flexibility index (Phi) is 8.16. The van der Waals surface area contributed by atoms with Gasteiger partial charge in [0.1, 0.15) is 11.5 Å². The molecule has 0 amide bonds. The average Bonchev–Trinajstić information content (AvgIpc) is 2.41. The highest BCUT2D eigenvalue weighted by molar-refractivity contribution is 7.85. The molecule has 0 saturated heterocycles. The summed E-state index contributed by atoms with van der Waals surface area (Å²) in [5, 5.41) is 0. The fourth-order valence-corrected chi connectivity index (χ4v) is 2.51. The second-order valence-corrected chi connectivity index (χ2v) is 6.45. The van der Waals surface area contributed by atoms with Gasteiger partial charge in [-0.1, -0.05) is 13.2 Å². The highest BCUT2D eigenvalue weighted by atomic mass is 32.2. The first kappa shape index (κ1) is 24.2. The highest BCUT2D eigenvalue weighted by Crippen LogP contribution is 2.47. The van der Waals surface area contributed by atoms with Gasteiger partial charge in [0, 0.05) is 6.42 Å². The zero-order chi connectivity index (χ0) is 20.8. The van der Waals surface area contributed by atoms with Crippen LogP contribution >= 0.6 is 0 Å². The topological polar surface area (TPSA) is 89.9 Å². The Morgan fingerprint density at radius 2 is 1.58 bits per heavy atom. The van der Waals surface area contributed by atoms with Gasteiger partial charge in [0.15, 0.2) is 0 Å². The number of esters is 1. The van der Waals surface area contributed by atoms with Gasteiger partial charge in [0.25, 0.3) is 10.1 Å². The number of halogens is 6. The number of rotatable bonds is 10. The maximum absolute atomic E-state index is 12.9. The van der Waals surface area contributed by atoms with E-state index in [9.17, 15) is 39.6 Å². The van der Waals surface area contributed by atoms with Crippen LogP contribution in [0, 0.1) is 0 Å².